The van der Waals surface area contributed by atoms with Crippen LogP contribution < -0.4 is 5.32 Å². The average molecular weight is 193 g/mol. The second kappa shape index (κ2) is 6.57. The Kier molecular flexibility index (Phi) is 5.27. The predicted octanol–water partition coefficient (Wildman–Crippen LogP) is 2.05. The van der Waals surface area contributed by atoms with Crippen molar-refractivity contribution < 1.29 is 4.74 Å². The van der Waals surface area contributed by atoms with Crippen molar-refractivity contribution >= 4 is 0 Å². The normalized spacial score (nSPS) is 18.7. The van der Waals surface area contributed by atoms with Crippen LogP contribution in [0.25, 0.3) is 0 Å². The van der Waals surface area contributed by atoms with Gasteiger partial charge in [0.15, 0.2) is 0 Å². The Hall–Kier alpha value is -0.860. The van der Waals surface area contributed by atoms with Crippen LogP contribution in [0.5, 0.6) is 0 Å². The lowest BCUT2D eigenvalue weighted by atomic mass is 10.0. The number of nitrogens with one attached hydrogen (secondary N) is 1. The van der Waals surface area contributed by atoms with Gasteiger partial charge in [-0.25, -0.2) is 0 Å². The molecule has 0 bridgehead atoms. The molecule has 0 saturated carbocycles. The first kappa shape index (κ1) is 11.2. The van der Waals surface area contributed by atoms with Crippen molar-refractivity contribution in [3.8, 4) is 0 Å². The molecule has 0 fully saturated rings. The minimum atomic E-state index is 0.745. The first-order valence-electron chi connectivity index (χ1n) is 5.08. The number of hydrogen-bond donors (Lipinski definition) is 1. The van der Waals surface area contributed by atoms with Crippen LogP contribution >= 0.6 is 0 Å². The molecular weight excluding hydrogens is 174 g/mol. The summed E-state index contributed by atoms with van der Waals surface area (Å²) in [5.74, 6) is 0. The van der Waals surface area contributed by atoms with Gasteiger partial charge < -0.3 is 10.1 Å². The molecule has 2 nitrogen and oxygen atoms in total. The van der Waals surface area contributed by atoms with Crippen LogP contribution in [0.2, 0.25) is 0 Å². The quantitative estimate of drug-likeness (QED) is 0.675. The molecule has 0 aliphatic heterocycles. The van der Waals surface area contributed by atoms with Crippen molar-refractivity contribution in [2.45, 2.75) is 13.3 Å². The van der Waals surface area contributed by atoms with E-state index in [1.165, 1.54) is 11.1 Å². The lowest BCUT2D eigenvalue weighted by Crippen LogP contribution is -2.15. The van der Waals surface area contributed by atoms with Gasteiger partial charge in [0.05, 0.1) is 13.2 Å². The van der Waals surface area contributed by atoms with E-state index >= 15 is 0 Å². The Labute approximate surface area is 86.3 Å². The van der Waals surface area contributed by atoms with E-state index in [0.29, 0.717) is 0 Å². The molecule has 0 heterocycles. The maximum atomic E-state index is 5.51. The molecule has 0 unspecified atom stereocenters. The highest BCUT2D eigenvalue weighted by atomic mass is 16.5. The summed E-state index contributed by atoms with van der Waals surface area (Å²) in [6.45, 7) is 4.58. The summed E-state index contributed by atoms with van der Waals surface area (Å²) in [6, 6.07) is 0. The van der Waals surface area contributed by atoms with Crippen LogP contribution in [0.1, 0.15) is 13.3 Å². The number of allylic oxidation sites excluding steroid dienone is 5. The molecule has 14 heavy (non-hydrogen) atoms. The minimum Gasteiger partial charge on any atom is -0.376 e. The molecule has 0 aromatic carbocycles. The van der Waals surface area contributed by atoms with E-state index in [0.717, 1.165) is 26.2 Å². The molecule has 0 radical (unpaired) electrons. The molecule has 0 aromatic heterocycles. The number of rotatable bonds is 5. The fourth-order valence-electron chi connectivity index (χ4n) is 1.32. The van der Waals surface area contributed by atoms with Gasteiger partial charge in [0, 0.05) is 6.54 Å². The highest BCUT2D eigenvalue weighted by Crippen LogP contribution is 2.15. The van der Waals surface area contributed by atoms with Gasteiger partial charge in [0.1, 0.15) is 0 Å². The van der Waals surface area contributed by atoms with Gasteiger partial charge in [-0.1, -0.05) is 24.3 Å². The third-order valence-electron chi connectivity index (χ3n) is 2.25. The van der Waals surface area contributed by atoms with Gasteiger partial charge in [-0.15, -0.1) is 0 Å². The lowest BCUT2D eigenvalue weighted by molar-refractivity contribution is 0.159. The van der Waals surface area contributed by atoms with Gasteiger partial charge in [-0.3, -0.25) is 0 Å². The molecular formula is C12H19NO. The number of ether oxygens (including phenoxy) is 1. The van der Waals surface area contributed by atoms with Crippen LogP contribution in [0.4, 0.5) is 0 Å². The maximum absolute atomic E-state index is 5.51. The SMILES string of the molecule is CNCCOC/C(C)=C1/C=CC=CC1. The van der Waals surface area contributed by atoms with Crippen molar-refractivity contribution in [3.63, 3.8) is 0 Å². The molecule has 1 N–H and O–H groups in total. The first-order valence-corrected chi connectivity index (χ1v) is 5.08. The third-order valence-corrected chi connectivity index (χ3v) is 2.25. The lowest BCUT2D eigenvalue weighted by Gasteiger charge is -2.09. The second-order valence-electron chi connectivity index (χ2n) is 3.45. The van der Waals surface area contributed by atoms with Crippen molar-refractivity contribution in [1.29, 1.82) is 0 Å². The first-order chi connectivity index (χ1) is 6.84. The molecule has 0 atom stereocenters. The summed E-state index contributed by atoms with van der Waals surface area (Å²) in [7, 11) is 1.93. The van der Waals surface area contributed by atoms with Crippen LogP contribution in [0.3, 0.4) is 0 Å². The van der Waals surface area contributed by atoms with E-state index < -0.39 is 0 Å². The van der Waals surface area contributed by atoms with E-state index in [4.69, 9.17) is 4.74 Å². The van der Waals surface area contributed by atoms with Crippen LogP contribution in [0, 0.1) is 0 Å². The van der Waals surface area contributed by atoms with Crippen molar-refractivity contribution in [2.24, 2.45) is 0 Å². The molecule has 1 aliphatic rings. The fraction of sp³-hybridized carbons (Fsp3) is 0.500. The molecule has 1 rings (SSSR count). The van der Waals surface area contributed by atoms with Crippen molar-refractivity contribution in [2.75, 3.05) is 26.8 Å². The highest BCUT2D eigenvalue weighted by Gasteiger charge is 1.99. The Bertz CT molecular complexity index is 251. The molecule has 1 aliphatic carbocycles. The largest absolute Gasteiger partial charge is 0.376 e. The standard InChI is InChI=1S/C12H19NO/c1-11(10-14-9-8-13-2)12-6-4-3-5-7-12/h3-6,13H,7-10H2,1-2H3/b12-11-. The number of hydrogen-bond acceptors (Lipinski definition) is 2. The van der Waals surface area contributed by atoms with E-state index in [1.54, 1.807) is 0 Å². The topological polar surface area (TPSA) is 21.3 Å². The molecule has 0 spiro atoms. The zero-order chi connectivity index (χ0) is 10.2. The molecule has 0 saturated heterocycles. The average Bonchev–Trinajstić information content (AvgIpc) is 2.25. The molecule has 0 amide bonds. The Morgan fingerprint density at radius 1 is 1.50 bits per heavy atom. The molecule has 2 heteroatoms. The summed E-state index contributed by atoms with van der Waals surface area (Å²) in [6.07, 6.45) is 9.54. The van der Waals surface area contributed by atoms with Crippen molar-refractivity contribution in [3.05, 3.63) is 35.5 Å². The smallest absolute Gasteiger partial charge is 0.0680 e. The Morgan fingerprint density at radius 3 is 3.00 bits per heavy atom. The zero-order valence-corrected chi connectivity index (χ0v) is 9.05. The Morgan fingerprint density at radius 2 is 2.36 bits per heavy atom. The monoisotopic (exact) mass is 193 g/mol. The maximum Gasteiger partial charge on any atom is 0.0680 e. The second-order valence-corrected chi connectivity index (χ2v) is 3.45. The van der Waals surface area contributed by atoms with Gasteiger partial charge in [-0.05, 0) is 31.5 Å². The summed E-state index contributed by atoms with van der Waals surface area (Å²) in [4.78, 5) is 0. The van der Waals surface area contributed by atoms with Gasteiger partial charge in [-0.2, -0.15) is 0 Å². The summed E-state index contributed by atoms with van der Waals surface area (Å²) in [5.41, 5.74) is 2.72. The zero-order valence-electron chi connectivity index (χ0n) is 9.05. The summed E-state index contributed by atoms with van der Waals surface area (Å²) >= 11 is 0. The third kappa shape index (κ3) is 3.90. The van der Waals surface area contributed by atoms with Crippen LogP contribution in [-0.4, -0.2) is 26.8 Å². The summed E-state index contributed by atoms with van der Waals surface area (Å²) in [5, 5.41) is 3.05. The Balaban J connectivity index is 2.29. The molecule has 0 aromatic rings. The van der Waals surface area contributed by atoms with Crippen LogP contribution in [0.15, 0.2) is 35.5 Å². The predicted molar refractivity (Wildman–Crippen MR) is 60.3 cm³/mol. The van der Waals surface area contributed by atoms with E-state index in [2.05, 4.69) is 36.5 Å². The van der Waals surface area contributed by atoms with Crippen molar-refractivity contribution in [1.82, 2.24) is 5.32 Å². The van der Waals surface area contributed by atoms with E-state index in [1.807, 2.05) is 7.05 Å². The van der Waals surface area contributed by atoms with E-state index in [-0.39, 0.29) is 0 Å². The number of likely N-dealkylation sites (N-methyl/N-ethyl adjacent to an activating group) is 1. The minimum absolute atomic E-state index is 0.745. The van der Waals surface area contributed by atoms with Gasteiger partial charge in [0.25, 0.3) is 0 Å². The van der Waals surface area contributed by atoms with Crippen LogP contribution in [-0.2, 0) is 4.74 Å². The molecule has 78 valence electrons. The summed E-state index contributed by atoms with van der Waals surface area (Å²) < 4.78 is 5.51. The van der Waals surface area contributed by atoms with Gasteiger partial charge >= 0.3 is 0 Å². The highest BCUT2D eigenvalue weighted by molar-refractivity contribution is 5.33. The fourth-order valence-corrected chi connectivity index (χ4v) is 1.32. The van der Waals surface area contributed by atoms with Gasteiger partial charge in [0.2, 0.25) is 0 Å². The van der Waals surface area contributed by atoms with E-state index in [9.17, 15) is 0 Å².